The van der Waals surface area contributed by atoms with Crippen molar-refractivity contribution in [1.29, 1.82) is 0 Å². The minimum absolute atomic E-state index is 0.197. The maximum atomic E-state index is 10.8. The normalized spacial score (nSPS) is 10.3. The molecule has 1 heterocycles. The average Bonchev–Trinajstić information content (AvgIpc) is 2.69. The summed E-state index contributed by atoms with van der Waals surface area (Å²) in [6.45, 7) is 0.556. The van der Waals surface area contributed by atoms with Gasteiger partial charge in [-0.05, 0) is 23.8 Å². The molecule has 0 radical (unpaired) electrons. The standard InChI is InChI=1S/C11H9ClN2O2/c12-10-4-8(3-9(5-10)11(15)16)6-14-2-1-13-7-14/h1-5,7H,6H2,(H,15,16). The Morgan fingerprint density at radius 2 is 2.25 bits per heavy atom. The first-order valence-electron chi connectivity index (χ1n) is 4.63. The van der Waals surface area contributed by atoms with Gasteiger partial charge in [0.1, 0.15) is 0 Å². The number of aromatic nitrogens is 2. The molecule has 4 nitrogen and oxygen atoms in total. The maximum absolute atomic E-state index is 10.8. The second kappa shape index (κ2) is 4.37. The summed E-state index contributed by atoms with van der Waals surface area (Å²) < 4.78 is 1.84. The number of aromatic carboxylic acids is 1. The van der Waals surface area contributed by atoms with Gasteiger partial charge in [0.15, 0.2) is 0 Å². The molecule has 0 aliphatic rings. The van der Waals surface area contributed by atoms with Crippen molar-refractivity contribution in [2.45, 2.75) is 6.54 Å². The highest BCUT2D eigenvalue weighted by Crippen LogP contribution is 2.16. The molecule has 0 aliphatic heterocycles. The number of nitrogens with zero attached hydrogens (tertiary/aromatic N) is 2. The number of benzene rings is 1. The average molecular weight is 237 g/mol. The second-order valence-corrected chi connectivity index (χ2v) is 3.82. The summed E-state index contributed by atoms with van der Waals surface area (Å²) in [5.41, 5.74) is 1.03. The van der Waals surface area contributed by atoms with Crippen LogP contribution < -0.4 is 0 Å². The van der Waals surface area contributed by atoms with Crippen molar-refractivity contribution in [3.8, 4) is 0 Å². The van der Waals surface area contributed by atoms with Crippen LogP contribution in [0.1, 0.15) is 15.9 Å². The molecule has 2 aromatic rings. The van der Waals surface area contributed by atoms with Crippen LogP contribution >= 0.6 is 11.6 Å². The summed E-state index contributed by atoms with van der Waals surface area (Å²) in [6, 6.07) is 4.78. The third-order valence-electron chi connectivity index (χ3n) is 2.13. The number of carboxylic acids is 1. The number of halogens is 1. The fourth-order valence-corrected chi connectivity index (χ4v) is 1.71. The van der Waals surface area contributed by atoms with Gasteiger partial charge in [-0.2, -0.15) is 0 Å². The molecule has 2 rings (SSSR count). The Bertz CT molecular complexity index is 509. The van der Waals surface area contributed by atoms with Gasteiger partial charge in [0.2, 0.25) is 0 Å². The van der Waals surface area contributed by atoms with Crippen LogP contribution in [0, 0.1) is 0 Å². The van der Waals surface area contributed by atoms with E-state index in [0.717, 1.165) is 5.56 Å². The predicted molar refractivity (Wildman–Crippen MR) is 59.7 cm³/mol. The molecule has 0 fully saturated rings. The number of carboxylic acid groups (broad SMARTS) is 1. The molecule has 16 heavy (non-hydrogen) atoms. The van der Waals surface area contributed by atoms with Crippen LogP contribution in [0.15, 0.2) is 36.9 Å². The van der Waals surface area contributed by atoms with E-state index >= 15 is 0 Å². The molecular weight excluding hydrogens is 228 g/mol. The van der Waals surface area contributed by atoms with Crippen molar-refractivity contribution < 1.29 is 9.90 Å². The van der Waals surface area contributed by atoms with E-state index in [9.17, 15) is 4.79 Å². The molecule has 0 aliphatic carbocycles. The van der Waals surface area contributed by atoms with E-state index in [-0.39, 0.29) is 5.56 Å². The number of carbonyl (C=O) groups is 1. The molecule has 1 aromatic carbocycles. The predicted octanol–water partition coefficient (Wildman–Crippen LogP) is 2.28. The molecule has 0 bridgehead atoms. The zero-order chi connectivity index (χ0) is 11.5. The van der Waals surface area contributed by atoms with Gasteiger partial charge in [0, 0.05) is 24.0 Å². The van der Waals surface area contributed by atoms with Crippen LogP contribution in [0.2, 0.25) is 5.02 Å². The van der Waals surface area contributed by atoms with Crippen LogP contribution in [0.5, 0.6) is 0 Å². The van der Waals surface area contributed by atoms with Crippen LogP contribution in [-0.2, 0) is 6.54 Å². The largest absolute Gasteiger partial charge is 0.478 e. The number of hydrogen-bond donors (Lipinski definition) is 1. The highest BCUT2D eigenvalue weighted by Gasteiger charge is 2.06. The molecule has 0 atom stereocenters. The topological polar surface area (TPSA) is 55.1 Å². The summed E-state index contributed by atoms with van der Waals surface area (Å²) in [7, 11) is 0. The van der Waals surface area contributed by atoms with E-state index in [2.05, 4.69) is 4.98 Å². The smallest absolute Gasteiger partial charge is 0.335 e. The van der Waals surface area contributed by atoms with Crippen LogP contribution in [0.25, 0.3) is 0 Å². The molecule has 1 N–H and O–H groups in total. The maximum Gasteiger partial charge on any atom is 0.335 e. The Hall–Kier alpha value is -1.81. The van der Waals surface area contributed by atoms with E-state index in [1.54, 1.807) is 30.9 Å². The van der Waals surface area contributed by atoms with E-state index in [0.29, 0.717) is 11.6 Å². The van der Waals surface area contributed by atoms with Gasteiger partial charge in [-0.3, -0.25) is 0 Å². The third-order valence-corrected chi connectivity index (χ3v) is 2.35. The number of imidazole rings is 1. The molecule has 82 valence electrons. The van der Waals surface area contributed by atoms with Crippen LogP contribution in [0.4, 0.5) is 0 Å². The Kier molecular flexibility index (Phi) is 2.92. The summed E-state index contributed by atoms with van der Waals surface area (Å²) >= 11 is 5.85. The summed E-state index contributed by atoms with van der Waals surface area (Å²) in [6.07, 6.45) is 5.14. The highest BCUT2D eigenvalue weighted by atomic mass is 35.5. The summed E-state index contributed by atoms with van der Waals surface area (Å²) in [5.74, 6) is -0.977. The molecule has 1 aromatic heterocycles. The fourth-order valence-electron chi connectivity index (χ4n) is 1.46. The van der Waals surface area contributed by atoms with Crippen molar-refractivity contribution in [3.63, 3.8) is 0 Å². The second-order valence-electron chi connectivity index (χ2n) is 3.39. The van der Waals surface area contributed by atoms with E-state index < -0.39 is 5.97 Å². The van der Waals surface area contributed by atoms with E-state index in [4.69, 9.17) is 16.7 Å². The van der Waals surface area contributed by atoms with Crippen molar-refractivity contribution >= 4 is 17.6 Å². The van der Waals surface area contributed by atoms with Crippen molar-refractivity contribution in [2.24, 2.45) is 0 Å². The van der Waals surface area contributed by atoms with Gasteiger partial charge in [0.05, 0.1) is 11.9 Å². The summed E-state index contributed by atoms with van der Waals surface area (Å²) in [4.78, 5) is 14.7. The lowest BCUT2D eigenvalue weighted by atomic mass is 10.1. The third kappa shape index (κ3) is 2.41. The van der Waals surface area contributed by atoms with Gasteiger partial charge >= 0.3 is 5.97 Å². The SMILES string of the molecule is O=C(O)c1cc(Cl)cc(Cn2ccnc2)c1. The van der Waals surface area contributed by atoms with Crippen molar-refractivity contribution in [2.75, 3.05) is 0 Å². The Morgan fingerprint density at radius 1 is 1.44 bits per heavy atom. The molecule has 0 saturated heterocycles. The van der Waals surface area contributed by atoms with Crippen molar-refractivity contribution in [1.82, 2.24) is 9.55 Å². The van der Waals surface area contributed by atoms with Gasteiger partial charge in [-0.1, -0.05) is 11.6 Å². The Morgan fingerprint density at radius 3 is 2.88 bits per heavy atom. The highest BCUT2D eigenvalue weighted by molar-refractivity contribution is 6.31. The summed E-state index contributed by atoms with van der Waals surface area (Å²) in [5, 5.41) is 9.31. The van der Waals surface area contributed by atoms with Gasteiger partial charge in [-0.15, -0.1) is 0 Å². The fraction of sp³-hybridized carbons (Fsp3) is 0.0909. The Balaban J connectivity index is 2.31. The first kappa shape index (κ1) is 10.7. The van der Waals surface area contributed by atoms with Gasteiger partial charge in [-0.25, -0.2) is 9.78 Å². The number of rotatable bonds is 3. The van der Waals surface area contributed by atoms with E-state index in [1.807, 2.05) is 4.57 Å². The molecular formula is C11H9ClN2O2. The first-order valence-corrected chi connectivity index (χ1v) is 5.01. The molecule has 0 amide bonds. The molecule has 0 unspecified atom stereocenters. The van der Waals surface area contributed by atoms with Gasteiger partial charge in [0.25, 0.3) is 0 Å². The number of hydrogen-bond acceptors (Lipinski definition) is 2. The minimum atomic E-state index is -0.977. The molecule has 0 saturated carbocycles. The minimum Gasteiger partial charge on any atom is -0.478 e. The van der Waals surface area contributed by atoms with Crippen molar-refractivity contribution in [3.05, 3.63) is 53.1 Å². The Labute approximate surface area is 97.1 Å². The van der Waals surface area contributed by atoms with Crippen LogP contribution in [0.3, 0.4) is 0 Å². The monoisotopic (exact) mass is 236 g/mol. The molecule has 5 heteroatoms. The van der Waals surface area contributed by atoms with Gasteiger partial charge < -0.3 is 9.67 Å². The lowest BCUT2D eigenvalue weighted by Gasteiger charge is -2.04. The lowest BCUT2D eigenvalue weighted by Crippen LogP contribution is -2.01. The zero-order valence-electron chi connectivity index (χ0n) is 8.30. The van der Waals surface area contributed by atoms with Crippen LogP contribution in [-0.4, -0.2) is 20.6 Å². The van der Waals surface area contributed by atoms with E-state index in [1.165, 1.54) is 6.07 Å². The molecule has 0 spiro atoms. The lowest BCUT2D eigenvalue weighted by molar-refractivity contribution is 0.0696. The zero-order valence-corrected chi connectivity index (χ0v) is 9.05. The quantitative estimate of drug-likeness (QED) is 0.890. The first-order chi connectivity index (χ1) is 7.65.